The summed E-state index contributed by atoms with van der Waals surface area (Å²) in [7, 11) is 1.47. The number of hydrogen-bond acceptors (Lipinski definition) is 8. The molecule has 0 unspecified atom stereocenters. The Morgan fingerprint density at radius 3 is 2.26 bits per heavy atom. The van der Waals surface area contributed by atoms with Crippen molar-refractivity contribution in [3.8, 4) is 0 Å². The Balaban J connectivity index is 1.47. The van der Waals surface area contributed by atoms with Crippen molar-refractivity contribution < 1.29 is 30.0 Å². The van der Waals surface area contributed by atoms with Crippen LogP contribution in [0, 0.1) is 0 Å². The maximum absolute atomic E-state index is 10.2. The predicted molar refractivity (Wildman–Crippen MR) is 131 cm³/mol. The number of aryl methyl sites for hydroxylation is 1. The number of aliphatic hydroxyl groups is 4. The zero-order chi connectivity index (χ0) is 24.6. The Morgan fingerprint density at radius 2 is 1.62 bits per heavy atom. The van der Waals surface area contributed by atoms with Crippen LogP contribution < -0.4 is 0 Å². The summed E-state index contributed by atoms with van der Waals surface area (Å²) in [6.45, 7) is 0.0593. The zero-order valence-corrected chi connectivity index (χ0v) is 20.5. The normalized spacial score (nSPS) is 25.4. The van der Waals surface area contributed by atoms with Gasteiger partial charge >= 0.3 is 0 Å². The smallest absolute Gasteiger partial charge is 0.162 e. The van der Waals surface area contributed by atoms with E-state index in [1.807, 2.05) is 18.5 Å². The molecule has 1 aliphatic rings. The van der Waals surface area contributed by atoms with E-state index in [4.69, 9.17) is 9.57 Å². The second kappa shape index (κ2) is 17.1. The molecule has 8 nitrogen and oxygen atoms in total. The van der Waals surface area contributed by atoms with E-state index in [0.29, 0.717) is 6.54 Å². The fraction of sp³-hybridized carbons (Fsp3) is 0.731. The Labute approximate surface area is 204 Å². The lowest BCUT2D eigenvalue weighted by Crippen LogP contribution is -2.63. The summed E-state index contributed by atoms with van der Waals surface area (Å²) in [6, 6.07) is 4.15. The summed E-state index contributed by atoms with van der Waals surface area (Å²) in [5.74, 6) is 0. The second-order valence-corrected chi connectivity index (χ2v) is 9.03. The van der Waals surface area contributed by atoms with E-state index in [1.165, 1.54) is 56.3 Å². The lowest BCUT2D eigenvalue weighted by molar-refractivity contribution is -0.328. The quantitative estimate of drug-likeness (QED) is 0.153. The van der Waals surface area contributed by atoms with E-state index in [9.17, 15) is 20.4 Å². The van der Waals surface area contributed by atoms with E-state index in [0.717, 1.165) is 32.1 Å². The molecule has 8 heteroatoms. The molecule has 34 heavy (non-hydrogen) atoms. The van der Waals surface area contributed by atoms with E-state index < -0.39 is 37.3 Å². The number of ether oxygens (including phenoxy) is 1. The van der Waals surface area contributed by atoms with Gasteiger partial charge in [-0.1, -0.05) is 43.9 Å². The van der Waals surface area contributed by atoms with Crippen LogP contribution >= 0.6 is 0 Å². The summed E-state index contributed by atoms with van der Waals surface area (Å²) in [5, 5.41) is 40.9. The molecule has 0 radical (unpaired) electrons. The van der Waals surface area contributed by atoms with Crippen molar-refractivity contribution in [2.24, 2.45) is 0 Å². The zero-order valence-electron chi connectivity index (χ0n) is 20.5. The molecule has 1 aliphatic heterocycles. The first kappa shape index (κ1) is 28.8. The highest BCUT2D eigenvalue weighted by atomic mass is 16.7. The van der Waals surface area contributed by atoms with Crippen molar-refractivity contribution in [1.29, 1.82) is 0 Å². The van der Waals surface area contributed by atoms with E-state index >= 15 is 0 Å². The first-order valence-corrected chi connectivity index (χ1v) is 12.7. The summed E-state index contributed by atoms with van der Waals surface area (Å²) in [5.41, 5.74) is 1.33. The van der Waals surface area contributed by atoms with Gasteiger partial charge in [0.1, 0.15) is 24.4 Å². The molecule has 0 aromatic carbocycles. The lowest BCUT2D eigenvalue weighted by atomic mass is 9.98. The topological polar surface area (TPSA) is 116 Å². The minimum absolute atomic E-state index is 0.448. The SMILES string of the molecule is CON(CCCCC=CCCCCCCCCc1cccnc1)[C@@H]1O[C@H](CO)[C@@H](O)[C@H](O)[C@H]1O. The Hall–Kier alpha value is -1.39. The van der Waals surface area contributed by atoms with Crippen LogP contribution in [0.1, 0.15) is 69.8 Å². The van der Waals surface area contributed by atoms with Gasteiger partial charge in [-0.15, -0.1) is 0 Å². The highest BCUT2D eigenvalue weighted by Gasteiger charge is 2.45. The van der Waals surface area contributed by atoms with Gasteiger partial charge in [0.25, 0.3) is 0 Å². The molecule has 0 saturated carbocycles. The summed E-state index contributed by atoms with van der Waals surface area (Å²) in [6.07, 6.45) is 14.9. The van der Waals surface area contributed by atoms with Crippen LogP contribution in [0.4, 0.5) is 0 Å². The van der Waals surface area contributed by atoms with Crippen LogP contribution in [0.2, 0.25) is 0 Å². The molecule has 1 fully saturated rings. The van der Waals surface area contributed by atoms with Gasteiger partial charge in [-0.25, -0.2) is 0 Å². The number of hydroxylamine groups is 2. The van der Waals surface area contributed by atoms with Crippen LogP contribution in [-0.4, -0.2) is 81.4 Å². The monoisotopic (exact) mass is 480 g/mol. The van der Waals surface area contributed by atoms with E-state index in [2.05, 4.69) is 23.2 Å². The van der Waals surface area contributed by atoms with Crippen LogP contribution in [0.5, 0.6) is 0 Å². The molecule has 2 rings (SSSR count). The van der Waals surface area contributed by atoms with Crippen molar-refractivity contribution in [1.82, 2.24) is 10.0 Å². The lowest BCUT2D eigenvalue weighted by Gasteiger charge is -2.43. The van der Waals surface area contributed by atoms with Crippen molar-refractivity contribution in [2.45, 2.75) is 101 Å². The van der Waals surface area contributed by atoms with Gasteiger partial charge in [-0.2, -0.15) is 5.06 Å². The van der Waals surface area contributed by atoms with Gasteiger partial charge in [-0.3, -0.25) is 9.82 Å². The Morgan fingerprint density at radius 1 is 0.941 bits per heavy atom. The van der Waals surface area contributed by atoms with Gasteiger partial charge in [0.2, 0.25) is 0 Å². The molecule has 4 N–H and O–H groups in total. The van der Waals surface area contributed by atoms with Gasteiger partial charge in [-0.05, 0) is 56.6 Å². The second-order valence-electron chi connectivity index (χ2n) is 9.03. The molecular formula is C26H44N2O6. The van der Waals surface area contributed by atoms with Crippen molar-refractivity contribution in [3.05, 3.63) is 42.2 Å². The predicted octanol–water partition coefficient (Wildman–Crippen LogP) is 2.74. The highest BCUT2D eigenvalue weighted by Crippen LogP contribution is 2.24. The first-order valence-electron chi connectivity index (χ1n) is 12.7. The third kappa shape index (κ3) is 10.1. The molecule has 1 aromatic rings. The molecule has 1 aromatic heterocycles. The molecule has 0 bridgehead atoms. The third-order valence-electron chi connectivity index (χ3n) is 6.36. The molecule has 0 aliphatic carbocycles. The fourth-order valence-electron chi connectivity index (χ4n) is 4.25. The number of unbranched alkanes of at least 4 members (excludes halogenated alkanes) is 8. The average Bonchev–Trinajstić information content (AvgIpc) is 2.86. The van der Waals surface area contributed by atoms with Gasteiger partial charge in [0, 0.05) is 18.9 Å². The summed E-state index contributed by atoms with van der Waals surface area (Å²) < 4.78 is 5.54. The number of aromatic nitrogens is 1. The van der Waals surface area contributed by atoms with Gasteiger partial charge < -0.3 is 25.2 Å². The van der Waals surface area contributed by atoms with E-state index in [1.54, 1.807) is 0 Å². The maximum atomic E-state index is 10.2. The number of rotatable bonds is 17. The number of allylic oxidation sites excluding steroid dienone is 2. The number of aliphatic hydroxyl groups excluding tert-OH is 4. The number of nitrogens with zero attached hydrogens (tertiary/aromatic N) is 2. The largest absolute Gasteiger partial charge is 0.394 e. The van der Waals surface area contributed by atoms with Crippen molar-refractivity contribution >= 4 is 0 Å². The molecule has 5 atom stereocenters. The molecule has 0 amide bonds. The third-order valence-corrected chi connectivity index (χ3v) is 6.36. The minimum atomic E-state index is -1.40. The highest BCUT2D eigenvalue weighted by molar-refractivity contribution is 5.08. The van der Waals surface area contributed by atoms with Crippen LogP contribution in [0.25, 0.3) is 0 Å². The maximum Gasteiger partial charge on any atom is 0.162 e. The van der Waals surface area contributed by atoms with Gasteiger partial charge in [0.05, 0.1) is 13.7 Å². The Bertz CT molecular complexity index is 660. The molecule has 0 spiro atoms. The Kier molecular flexibility index (Phi) is 14.5. The van der Waals surface area contributed by atoms with Crippen molar-refractivity contribution in [2.75, 3.05) is 20.3 Å². The number of hydrogen-bond donors (Lipinski definition) is 4. The molecular weight excluding hydrogens is 436 g/mol. The minimum Gasteiger partial charge on any atom is -0.394 e. The standard InChI is InChI=1S/C26H44N2O6/c1-33-28(26-25(32)24(31)23(30)22(20-29)34-26)18-13-11-9-7-5-3-2-4-6-8-10-12-15-21-16-14-17-27-19-21/h5,7,14,16-17,19,22-26,29-32H,2-4,6,8-13,15,18,20H2,1H3/t22-,23-,24+,25-,26-/m1/s1. The molecule has 1 saturated heterocycles. The summed E-state index contributed by atoms with van der Waals surface area (Å²) in [4.78, 5) is 9.48. The average molecular weight is 481 g/mol. The van der Waals surface area contributed by atoms with Gasteiger partial charge in [0.15, 0.2) is 6.23 Å². The first-order chi connectivity index (χ1) is 16.6. The van der Waals surface area contributed by atoms with Crippen LogP contribution in [0.15, 0.2) is 36.7 Å². The summed E-state index contributed by atoms with van der Waals surface area (Å²) >= 11 is 0. The van der Waals surface area contributed by atoms with Crippen LogP contribution in [-0.2, 0) is 16.0 Å². The fourth-order valence-corrected chi connectivity index (χ4v) is 4.25. The molecule has 2 heterocycles. The van der Waals surface area contributed by atoms with Crippen molar-refractivity contribution in [3.63, 3.8) is 0 Å². The van der Waals surface area contributed by atoms with Crippen LogP contribution in [0.3, 0.4) is 0 Å². The molecule has 194 valence electrons. The van der Waals surface area contributed by atoms with E-state index in [-0.39, 0.29) is 0 Å². The number of pyridine rings is 1.